The van der Waals surface area contributed by atoms with Crippen molar-refractivity contribution in [1.82, 2.24) is 0 Å². The second-order valence-electron chi connectivity index (χ2n) is 3.93. The summed E-state index contributed by atoms with van der Waals surface area (Å²) >= 11 is 0. The largest absolute Gasteiger partial charge is 0.508 e. The first kappa shape index (κ1) is 12.0. The van der Waals surface area contributed by atoms with Crippen molar-refractivity contribution < 1.29 is 15.0 Å². The fourth-order valence-electron chi connectivity index (χ4n) is 1.59. The molecule has 0 unspecified atom stereocenters. The van der Waals surface area contributed by atoms with Gasteiger partial charge in [-0.05, 0) is 48.5 Å². The topological polar surface area (TPSA) is 60.8 Å². The quantitative estimate of drug-likeness (QED) is 0.851. The van der Waals surface area contributed by atoms with E-state index in [2.05, 4.69) is 0 Å². The highest BCUT2D eigenvalue weighted by Gasteiger charge is 2.13. The maximum atomic E-state index is 12.1. The summed E-state index contributed by atoms with van der Waals surface area (Å²) < 4.78 is 0. The van der Waals surface area contributed by atoms with E-state index in [0.717, 1.165) is 0 Å². The highest BCUT2D eigenvalue weighted by Crippen LogP contribution is 2.19. The summed E-state index contributed by atoms with van der Waals surface area (Å²) in [5.74, 6) is 0.101. The van der Waals surface area contributed by atoms with Crippen LogP contribution in [-0.4, -0.2) is 23.2 Å². The first-order valence-electron chi connectivity index (χ1n) is 5.44. The normalized spacial score (nSPS) is 10.1. The molecule has 0 aromatic heterocycles. The van der Waals surface area contributed by atoms with Crippen LogP contribution in [0.2, 0.25) is 0 Å². The third-order valence-electron chi connectivity index (χ3n) is 2.66. The number of phenolic OH excluding ortho intramolecular Hbond substituents is 2. The van der Waals surface area contributed by atoms with Crippen LogP contribution in [0.3, 0.4) is 0 Å². The molecule has 0 spiro atoms. The Morgan fingerprint density at radius 2 is 1.33 bits per heavy atom. The Balaban J connectivity index is 2.23. The van der Waals surface area contributed by atoms with Crippen LogP contribution in [0.5, 0.6) is 11.5 Å². The SMILES string of the molecule is CN(C(=O)c1ccc(O)cc1)c1ccc(O)cc1. The van der Waals surface area contributed by atoms with E-state index in [-0.39, 0.29) is 17.4 Å². The van der Waals surface area contributed by atoms with E-state index in [9.17, 15) is 15.0 Å². The summed E-state index contributed by atoms with van der Waals surface area (Å²) in [5.41, 5.74) is 1.18. The summed E-state index contributed by atoms with van der Waals surface area (Å²) in [6, 6.07) is 12.4. The van der Waals surface area contributed by atoms with Gasteiger partial charge in [-0.25, -0.2) is 0 Å². The average molecular weight is 243 g/mol. The van der Waals surface area contributed by atoms with Crippen molar-refractivity contribution in [2.24, 2.45) is 0 Å². The predicted molar refractivity (Wildman–Crippen MR) is 68.9 cm³/mol. The van der Waals surface area contributed by atoms with Gasteiger partial charge >= 0.3 is 0 Å². The molecule has 2 N–H and O–H groups in total. The summed E-state index contributed by atoms with van der Waals surface area (Å²) in [6.45, 7) is 0. The first-order chi connectivity index (χ1) is 8.58. The number of benzene rings is 2. The Morgan fingerprint density at radius 1 is 0.889 bits per heavy atom. The fourth-order valence-corrected chi connectivity index (χ4v) is 1.59. The Hall–Kier alpha value is -2.49. The Morgan fingerprint density at radius 3 is 1.83 bits per heavy atom. The van der Waals surface area contributed by atoms with Gasteiger partial charge in [-0.3, -0.25) is 4.79 Å². The number of hydrogen-bond acceptors (Lipinski definition) is 3. The van der Waals surface area contributed by atoms with Gasteiger partial charge in [-0.15, -0.1) is 0 Å². The van der Waals surface area contributed by atoms with Gasteiger partial charge in [0.05, 0.1) is 0 Å². The van der Waals surface area contributed by atoms with Crippen LogP contribution in [0.25, 0.3) is 0 Å². The third kappa shape index (κ3) is 2.43. The minimum Gasteiger partial charge on any atom is -0.508 e. The summed E-state index contributed by atoms with van der Waals surface area (Å²) in [6.07, 6.45) is 0. The van der Waals surface area contributed by atoms with Crippen LogP contribution < -0.4 is 4.90 Å². The van der Waals surface area contributed by atoms with Gasteiger partial charge in [0, 0.05) is 18.3 Å². The molecule has 0 atom stereocenters. The number of anilines is 1. The van der Waals surface area contributed by atoms with Crippen LogP contribution in [0.4, 0.5) is 5.69 Å². The van der Waals surface area contributed by atoms with Crippen molar-refractivity contribution >= 4 is 11.6 Å². The number of rotatable bonds is 2. The molecule has 0 saturated carbocycles. The van der Waals surface area contributed by atoms with E-state index in [1.165, 1.54) is 29.2 Å². The van der Waals surface area contributed by atoms with Gasteiger partial charge in [0.1, 0.15) is 11.5 Å². The molecule has 2 aromatic rings. The first-order valence-corrected chi connectivity index (χ1v) is 5.44. The lowest BCUT2D eigenvalue weighted by atomic mass is 10.2. The lowest BCUT2D eigenvalue weighted by Crippen LogP contribution is -2.25. The number of hydrogen-bond donors (Lipinski definition) is 2. The molecule has 92 valence electrons. The summed E-state index contributed by atoms with van der Waals surface area (Å²) in [5, 5.41) is 18.4. The predicted octanol–water partition coefficient (Wildman–Crippen LogP) is 2.37. The number of nitrogens with zero attached hydrogens (tertiary/aromatic N) is 1. The van der Waals surface area contributed by atoms with Crippen molar-refractivity contribution in [3.63, 3.8) is 0 Å². The molecule has 0 aliphatic rings. The number of phenols is 2. The number of amides is 1. The molecule has 0 saturated heterocycles. The second-order valence-corrected chi connectivity index (χ2v) is 3.93. The Bertz CT molecular complexity index is 546. The monoisotopic (exact) mass is 243 g/mol. The zero-order chi connectivity index (χ0) is 13.1. The van der Waals surface area contributed by atoms with Crippen LogP contribution >= 0.6 is 0 Å². The number of carbonyl (C=O) groups is 1. The van der Waals surface area contributed by atoms with Crippen molar-refractivity contribution in [2.45, 2.75) is 0 Å². The van der Waals surface area contributed by atoms with Gasteiger partial charge in [0.15, 0.2) is 0 Å². The molecule has 0 heterocycles. The van der Waals surface area contributed by atoms with E-state index in [0.29, 0.717) is 11.3 Å². The molecule has 1 amide bonds. The van der Waals surface area contributed by atoms with Gasteiger partial charge in [0.2, 0.25) is 0 Å². The highest BCUT2D eigenvalue weighted by molar-refractivity contribution is 6.05. The van der Waals surface area contributed by atoms with E-state index in [1.54, 1.807) is 31.3 Å². The summed E-state index contributed by atoms with van der Waals surface area (Å²) in [7, 11) is 1.65. The Kier molecular flexibility index (Phi) is 3.19. The molecule has 4 heteroatoms. The highest BCUT2D eigenvalue weighted by atomic mass is 16.3. The molecule has 2 rings (SSSR count). The maximum absolute atomic E-state index is 12.1. The second kappa shape index (κ2) is 4.79. The van der Waals surface area contributed by atoms with Crippen molar-refractivity contribution in [1.29, 1.82) is 0 Å². The van der Waals surface area contributed by atoms with Crippen molar-refractivity contribution in [3.8, 4) is 11.5 Å². The standard InChI is InChI=1S/C14H13NO3/c1-15(11-4-8-13(17)9-5-11)14(18)10-2-6-12(16)7-3-10/h2-9,16-17H,1H3. The smallest absolute Gasteiger partial charge is 0.258 e. The van der Waals surface area contributed by atoms with E-state index >= 15 is 0 Å². The molecule has 2 aromatic carbocycles. The van der Waals surface area contributed by atoms with Crippen LogP contribution in [-0.2, 0) is 0 Å². The van der Waals surface area contributed by atoms with Crippen LogP contribution in [0.1, 0.15) is 10.4 Å². The van der Waals surface area contributed by atoms with E-state index < -0.39 is 0 Å². The minimum atomic E-state index is -0.180. The molecule has 0 fully saturated rings. The van der Waals surface area contributed by atoms with Gasteiger partial charge in [0.25, 0.3) is 5.91 Å². The van der Waals surface area contributed by atoms with Gasteiger partial charge in [-0.1, -0.05) is 0 Å². The molecule has 0 bridgehead atoms. The van der Waals surface area contributed by atoms with E-state index in [4.69, 9.17) is 0 Å². The molecule has 0 aliphatic heterocycles. The van der Waals surface area contributed by atoms with E-state index in [1.807, 2.05) is 0 Å². The molecule has 0 aliphatic carbocycles. The van der Waals surface area contributed by atoms with Crippen molar-refractivity contribution in [2.75, 3.05) is 11.9 Å². The molecular formula is C14H13NO3. The number of carbonyl (C=O) groups excluding carboxylic acids is 1. The van der Waals surface area contributed by atoms with Crippen molar-refractivity contribution in [3.05, 3.63) is 54.1 Å². The lowest BCUT2D eigenvalue weighted by molar-refractivity contribution is 0.0993. The molecule has 18 heavy (non-hydrogen) atoms. The average Bonchev–Trinajstić information content (AvgIpc) is 2.39. The third-order valence-corrected chi connectivity index (χ3v) is 2.66. The van der Waals surface area contributed by atoms with Gasteiger partial charge in [-0.2, -0.15) is 0 Å². The molecule has 4 nitrogen and oxygen atoms in total. The lowest BCUT2D eigenvalue weighted by Gasteiger charge is -2.17. The maximum Gasteiger partial charge on any atom is 0.258 e. The van der Waals surface area contributed by atoms with Gasteiger partial charge < -0.3 is 15.1 Å². The fraction of sp³-hybridized carbons (Fsp3) is 0.0714. The zero-order valence-electron chi connectivity index (χ0n) is 9.87. The van der Waals surface area contributed by atoms with Crippen LogP contribution in [0.15, 0.2) is 48.5 Å². The Labute approximate surface area is 105 Å². The minimum absolute atomic E-state index is 0.124. The van der Waals surface area contributed by atoms with Crippen LogP contribution in [0, 0.1) is 0 Å². The summed E-state index contributed by atoms with van der Waals surface area (Å²) in [4.78, 5) is 13.6. The zero-order valence-corrected chi connectivity index (χ0v) is 9.87. The number of aromatic hydroxyl groups is 2. The molecule has 0 radical (unpaired) electrons. The molecular weight excluding hydrogens is 230 g/mol.